The van der Waals surface area contributed by atoms with E-state index in [1.165, 1.54) is 0 Å². The zero-order valence-electron chi connectivity index (χ0n) is 30.1. The van der Waals surface area contributed by atoms with Gasteiger partial charge in [0, 0.05) is 44.0 Å². The number of hydrogen-bond acceptors (Lipinski definition) is 7. The molecule has 2 aromatic rings. The van der Waals surface area contributed by atoms with Crippen molar-refractivity contribution in [2.45, 2.75) is 133 Å². The van der Waals surface area contributed by atoms with Gasteiger partial charge in [-0.05, 0) is 112 Å². The third-order valence-electron chi connectivity index (χ3n) is 14.1. The highest BCUT2D eigenvalue weighted by Crippen LogP contribution is 2.59. The summed E-state index contributed by atoms with van der Waals surface area (Å²) in [4.78, 5) is 42.0. The molecule has 1 aliphatic heterocycles. The van der Waals surface area contributed by atoms with E-state index < -0.39 is 40.5 Å². The zero-order valence-corrected chi connectivity index (χ0v) is 30.1. The summed E-state index contributed by atoms with van der Waals surface area (Å²) in [5.41, 5.74) is -1.42. The molecule has 0 unspecified atom stereocenters. The highest BCUT2D eigenvalue weighted by atomic mass is 19.3. The summed E-state index contributed by atoms with van der Waals surface area (Å²) in [6.07, 6.45) is 11.4. The van der Waals surface area contributed by atoms with Crippen LogP contribution in [-0.4, -0.2) is 56.0 Å². The molecule has 6 saturated carbocycles. The number of carbonyl (C=O) groups is 2. The summed E-state index contributed by atoms with van der Waals surface area (Å²) >= 11 is 0. The molecule has 0 saturated heterocycles. The average Bonchev–Trinajstić information content (AvgIpc) is 3.42. The molecule has 0 radical (unpaired) electrons. The van der Waals surface area contributed by atoms with Gasteiger partial charge in [-0.2, -0.15) is 8.78 Å². The van der Waals surface area contributed by atoms with Gasteiger partial charge in [0.15, 0.2) is 0 Å². The van der Waals surface area contributed by atoms with Crippen LogP contribution in [0, 0.1) is 35.5 Å². The van der Waals surface area contributed by atoms with Crippen molar-refractivity contribution in [1.82, 2.24) is 20.3 Å². The van der Waals surface area contributed by atoms with Crippen LogP contribution >= 0.6 is 0 Å². The number of halogens is 4. The van der Waals surface area contributed by atoms with Gasteiger partial charge < -0.3 is 20.1 Å². The van der Waals surface area contributed by atoms with Gasteiger partial charge in [-0.3, -0.25) is 4.79 Å². The number of carboxylic acid groups (broad SMARTS) is 1. The minimum absolute atomic E-state index is 0.00777. The topological polar surface area (TPSA) is 118 Å². The molecule has 9 rings (SSSR count). The number of hydrogen-bond donors (Lipinski definition) is 2. The number of pyridine rings is 1. The van der Waals surface area contributed by atoms with E-state index in [1.54, 1.807) is 11.1 Å². The fourth-order valence-electron chi connectivity index (χ4n) is 11.3. The summed E-state index contributed by atoms with van der Waals surface area (Å²) in [5, 5.41) is 13.3. The van der Waals surface area contributed by atoms with E-state index in [-0.39, 0.29) is 48.1 Å². The Bertz CT molecular complexity index is 1700. The number of fused-ring (bicyclic) bond motifs is 1. The van der Waals surface area contributed by atoms with E-state index in [1.807, 2.05) is 6.07 Å². The molecule has 4 bridgehead atoms. The Labute approximate surface area is 301 Å². The van der Waals surface area contributed by atoms with Crippen LogP contribution in [0.3, 0.4) is 0 Å². The van der Waals surface area contributed by atoms with Crippen LogP contribution in [0.5, 0.6) is 5.88 Å². The first-order chi connectivity index (χ1) is 24.6. The molecule has 6 aliphatic carbocycles. The number of anilines is 2. The van der Waals surface area contributed by atoms with E-state index in [9.17, 15) is 23.5 Å². The fourth-order valence-corrected chi connectivity index (χ4v) is 11.3. The SMILES string of the molecule is CCC1(CC)CN(c2ncc(C(=O)NC3(C(=O)O)C4CC5CC(C4)CC3C5)c(C(C)(F)F)n2)c2cnc(OC3CCC(C4CC(F)(F)C4)CC3)cc21. The Balaban J connectivity index is 1.04. The second-order valence-corrected chi connectivity index (χ2v) is 17.0. The number of alkyl halides is 4. The molecular formula is C39H49F4N5O4. The second-order valence-electron chi connectivity index (χ2n) is 17.0. The third-order valence-corrected chi connectivity index (χ3v) is 14.1. The summed E-state index contributed by atoms with van der Waals surface area (Å²) in [6.45, 7) is 5.24. The predicted molar refractivity (Wildman–Crippen MR) is 184 cm³/mol. The number of carboxylic acids is 1. The molecule has 2 aromatic heterocycles. The normalized spacial score (nSPS) is 33.0. The number of amides is 1. The first-order valence-corrected chi connectivity index (χ1v) is 19.3. The first kappa shape index (κ1) is 35.5. The number of nitrogens with zero attached hydrogens (tertiary/aromatic N) is 4. The van der Waals surface area contributed by atoms with Gasteiger partial charge in [-0.15, -0.1) is 0 Å². The number of aromatic nitrogens is 3. The molecule has 0 atom stereocenters. The van der Waals surface area contributed by atoms with Gasteiger partial charge in [0.1, 0.15) is 17.3 Å². The van der Waals surface area contributed by atoms with Gasteiger partial charge in [-0.25, -0.2) is 28.5 Å². The number of rotatable bonds is 10. The molecule has 2 N–H and O–H groups in total. The van der Waals surface area contributed by atoms with Crippen molar-refractivity contribution >= 4 is 23.5 Å². The zero-order chi connectivity index (χ0) is 36.8. The molecule has 282 valence electrons. The lowest BCUT2D eigenvalue weighted by atomic mass is 9.48. The molecule has 3 heterocycles. The maximum absolute atomic E-state index is 15.4. The average molecular weight is 728 g/mol. The quantitative estimate of drug-likeness (QED) is 0.236. The minimum atomic E-state index is -3.52. The Morgan fingerprint density at radius 1 is 0.962 bits per heavy atom. The smallest absolute Gasteiger partial charge is 0.330 e. The molecule has 52 heavy (non-hydrogen) atoms. The van der Waals surface area contributed by atoms with Crippen molar-refractivity contribution in [2.75, 3.05) is 11.4 Å². The van der Waals surface area contributed by atoms with Crippen molar-refractivity contribution in [1.29, 1.82) is 0 Å². The van der Waals surface area contributed by atoms with Crippen LogP contribution in [0.4, 0.5) is 29.2 Å². The molecule has 0 aromatic carbocycles. The molecule has 9 nitrogen and oxygen atoms in total. The monoisotopic (exact) mass is 727 g/mol. The molecular weight excluding hydrogens is 678 g/mol. The Morgan fingerprint density at radius 3 is 2.15 bits per heavy atom. The van der Waals surface area contributed by atoms with Crippen LogP contribution in [0.1, 0.15) is 126 Å². The lowest BCUT2D eigenvalue weighted by Crippen LogP contribution is -2.70. The molecule has 1 amide bonds. The fraction of sp³-hybridized carbons (Fsp3) is 0.718. The van der Waals surface area contributed by atoms with Crippen LogP contribution in [0.2, 0.25) is 0 Å². The van der Waals surface area contributed by atoms with E-state index in [0.717, 1.165) is 56.7 Å². The number of ether oxygens (including phenoxy) is 1. The van der Waals surface area contributed by atoms with Crippen molar-refractivity contribution in [2.24, 2.45) is 35.5 Å². The van der Waals surface area contributed by atoms with Gasteiger partial charge in [0.05, 0.1) is 17.4 Å². The second kappa shape index (κ2) is 12.5. The number of aliphatic carboxylic acids is 1. The van der Waals surface area contributed by atoms with Gasteiger partial charge in [0.25, 0.3) is 11.8 Å². The summed E-state index contributed by atoms with van der Waals surface area (Å²) in [5.74, 6) is -6.74. The van der Waals surface area contributed by atoms with E-state index >= 15 is 8.78 Å². The molecule has 6 fully saturated rings. The lowest BCUT2D eigenvalue weighted by molar-refractivity contribution is -0.163. The number of carbonyl (C=O) groups excluding carboxylic acids is 1. The standard InChI is InChI=1S/C39H49F4N5O4/c1-4-37(5-2)20-48(30-19-44-31(15-29(30)37)52-27-8-6-23(7-9-27)24-16-38(42,43)17-24)35-45-18-28(32(46-35)36(3,40)41)33(49)47-39(34(50)51)25-11-21-10-22(13-25)14-26(39)12-21/h15,18-19,21-27H,4-14,16-17,20H2,1-3H3,(H,47,49)(H,50,51). The maximum atomic E-state index is 15.4. The Morgan fingerprint density at radius 2 is 1.60 bits per heavy atom. The summed E-state index contributed by atoms with van der Waals surface area (Å²) < 4.78 is 64.0. The summed E-state index contributed by atoms with van der Waals surface area (Å²) in [6, 6.07) is 1.92. The van der Waals surface area contributed by atoms with Crippen LogP contribution in [0.15, 0.2) is 18.5 Å². The molecule has 0 spiro atoms. The van der Waals surface area contributed by atoms with Crippen molar-refractivity contribution < 1.29 is 37.0 Å². The Kier molecular flexibility index (Phi) is 8.56. The highest BCUT2D eigenvalue weighted by molar-refractivity contribution is 5.99. The van der Waals surface area contributed by atoms with E-state index in [4.69, 9.17) is 4.74 Å². The van der Waals surface area contributed by atoms with Crippen LogP contribution in [0.25, 0.3) is 0 Å². The van der Waals surface area contributed by atoms with Crippen molar-refractivity contribution in [3.63, 3.8) is 0 Å². The minimum Gasteiger partial charge on any atom is -0.479 e. The lowest BCUT2D eigenvalue weighted by Gasteiger charge is -2.59. The first-order valence-electron chi connectivity index (χ1n) is 19.3. The summed E-state index contributed by atoms with van der Waals surface area (Å²) in [7, 11) is 0. The molecule has 13 heteroatoms. The third kappa shape index (κ3) is 5.83. The van der Waals surface area contributed by atoms with Gasteiger partial charge >= 0.3 is 5.97 Å². The van der Waals surface area contributed by atoms with Gasteiger partial charge in [-0.1, -0.05) is 13.8 Å². The van der Waals surface area contributed by atoms with Crippen LogP contribution < -0.4 is 15.0 Å². The van der Waals surface area contributed by atoms with E-state index in [2.05, 4.69) is 34.1 Å². The number of nitrogens with one attached hydrogen (secondary N) is 1. The maximum Gasteiger partial charge on any atom is 0.330 e. The van der Waals surface area contributed by atoms with Gasteiger partial charge in [0.2, 0.25) is 17.8 Å². The van der Waals surface area contributed by atoms with Crippen LogP contribution in [-0.2, 0) is 16.1 Å². The predicted octanol–water partition coefficient (Wildman–Crippen LogP) is 8.19. The van der Waals surface area contributed by atoms with E-state index in [0.29, 0.717) is 68.5 Å². The van der Waals surface area contributed by atoms with Crippen molar-refractivity contribution in [3.8, 4) is 5.88 Å². The molecule has 7 aliphatic rings. The van der Waals surface area contributed by atoms with Crippen molar-refractivity contribution in [3.05, 3.63) is 35.3 Å². The Hall–Kier alpha value is -3.51. The highest BCUT2D eigenvalue weighted by Gasteiger charge is 2.62. The largest absolute Gasteiger partial charge is 0.479 e.